The molecule has 2 aromatic heterocycles. The summed E-state index contributed by atoms with van der Waals surface area (Å²) in [6.07, 6.45) is 1.70. The lowest BCUT2D eigenvalue weighted by atomic mass is 10.2. The van der Waals surface area contributed by atoms with E-state index in [1.165, 1.54) is 19.1 Å². The van der Waals surface area contributed by atoms with Gasteiger partial charge in [0.15, 0.2) is 12.0 Å². The molecule has 7 nitrogen and oxygen atoms in total. The predicted molar refractivity (Wildman–Crippen MR) is 73.0 cm³/mol. The molecule has 0 radical (unpaired) electrons. The Kier molecular flexibility index (Phi) is 3.84. The van der Waals surface area contributed by atoms with Gasteiger partial charge in [-0.3, -0.25) is 19.7 Å². The highest BCUT2D eigenvalue weighted by Crippen LogP contribution is 2.22. The van der Waals surface area contributed by atoms with Crippen LogP contribution in [0.2, 0.25) is 0 Å². The molecule has 0 spiro atoms. The Hall–Kier alpha value is -2.22. The first-order chi connectivity index (χ1) is 9.43. The molecule has 0 aliphatic heterocycles. The summed E-state index contributed by atoms with van der Waals surface area (Å²) in [5.74, 6) is 0.493. The first-order valence-corrected chi connectivity index (χ1v) is 6.31. The molecule has 0 amide bonds. The topological polar surface area (TPSA) is 95.3 Å². The maximum Gasteiger partial charge on any atom is 0.289 e. The van der Waals surface area contributed by atoms with Crippen molar-refractivity contribution < 1.29 is 14.1 Å². The van der Waals surface area contributed by atoms with Gasteiger partial charge in [0.1, 0.15) is 5.76 Å². The normalized spacial score (nSPS) is 10.5. The van der Waals surface area contributed by atoms with Crippen molar-refractivity contribution in [1.82, 2.24) is 4.57 Å². The zero-order valence-electron chi connectivity index (χ0n) is 10.3. The van der Waals surface area contributed by atoms with Crippen LogP contribution in [0.4, 0.5) is 5.69 Å². The Labute approximate surface area is 121 Å². The highest BCUT2D eigenvalue weighted by molar-refractivity contribution is 9.10. The molecule has 2 aromatic rings. The minimum Gasteiger partial charge on any atom is -0.456 e. The van der Waals surface area contributed by atoms with Gasteiger partial charge in [-0.2, -0.15) is 0 Å². The van der Waals surface area contributed by atoms with Crippen molar-refractivity contribution in [3.05, 3.63) is 60.4 Å². The highest BCUT2D eigenvalue weighted by Gasteiger charge is 2.19. The Balaban J connectivity index is 2.48. The smallest absolute Gasteiger partial charge is 0.289 e. The van der Waals surface area contributed by atoms with Gasteiger partial charge in [-0.15, -0.1) is 0 Å². The average Bonchev–Trinajstić information content (AvgIpc) is 2.86. The molecule has 0 aliphatic carbocycles. The second-order valence-corrected chi connectivity index (χ2v) is 4.86. The molecule has 0 saturated heterocycles. The number of hydrogen-bond acceptors (Lipinski definition) is 5. The lowest BCUT2D eigenvalue weighted by Gasteiger charge is -2.07. The summed E-state index contributed by atoms with van der Waals surface area (Å²) in [7, 11) is 0. The third-order valence-corrected chi connectivity index (χ3v) is 3.70. The van der Waals surface area contributed by atoms with E-state index in [1.807, 2.05) is 0 Å². The molecule has 8 heteroatoms. The first kappa shape index (κ1) is 14.2. The summed E-state index contributed by atoms with van der Waals surface area (Å²) in [6, 6.07) is 3.00. The standard InChI is InChI=1S/C12H9BrN2O5/c1-7-10(15(18)19)5-14(12(17)11(7)13)4-8-2-3-9(6-16)20-8/h2-3,5-6H,4H2,1H3. The first-order valence-electron chi connectivity index (χ1n) is 5.52. The fourth-order valence-electron chi connectivity index (χ4n) is 1.71. The molecule has 0 unspecified atom stereocenters. The minimum atomic E-state index is -0.560. The molecule has 2 rings (SSSR count). The van der Waals surface area contributed by atoms with Gasteiger partial charge in [0, 0.05) is 5.56 Å². The number of rotatable bonds is 4. The number of pyridine rings is 1. The quantitative estimate of drug-likeness (QED) is 0.483. The number of hydrogen-bond donors (Lipinski definition) is 0. The van der Waals surface area contributed by atoms with Crippen LogP contribution in [0.3, 0.4) is 0 Å². The van der Waals surface area contributed by atoms with E-state index in [4.69, 9.17) is 4.42 Å². The van der Waals surface area contributed by atoms with E-state index in [2.05, 4.69) is 15.9 Å². The average molecular weight is 341 g/mol. The summed E-state index contributed by atoms with van der Waals surface area (Å²) in [6.45, 7) is 1.50. The van der Waals surface area contributed by atoms with E-state index in [0.29, 0.717) is 12.0 Å². The van der Waals surface area contributed by atoms with Crippen LogP contribution < -0.4 is 5.56 Å². The molecule has 0 fully saturated rings. The van der Waals surface area contributed by atoms with Crippen LogP contribution in [0.5, 0.6) is 0 Å². The summed E-state index contributed by atoms with van der Waals surface area (Å²) < 4.78 is 6.44. The molecule has 0 aromatic carbocycles. The fourth-order valence-corrected chi connectivity index (χ4v) is 2.15. The van der Waals surface area contributed by atoms with Crippen LogP contribution >= 0.6 is 15.9 Å². The molecular weight excluding hydrogens is 332 g/mol. The van der Waals surface area contributed by atoms with Crippen molar-refractivity contribution in [2.75, 3.05) is 0 Å². The third kappa shape index (κ3) is 2.55. The molecule has 104 valence electrons. The van der Waals surface area contributed by atoms with Crippen molar-refractivity contribution in [3.63, 3.8) is 0 Å². The van der Waals surface area contributed by atoms with E-state index in [1.54, 1.807) is 0 Å². The van der Waals surface area contributed by atoms with Gasteiger partial charge in [-0.25, -0.2) is 0 Å². The number of furan rings is 1. The Bertz CT molecular complexity index is 747. The van der Waals surface area contributed by atoms with Crippen molar-refractivity contribution in [1.29, 1.82) is 0 Å². The lowest BCUT2D eigenvalue weighted by Crippen LogP contribution is -2.22. The van der Waals surface area contributed by atoms with E-state index < -0.39 is 10.5 Å². The van der Waals surface area contributed by atoms with Gasteiger partial charge < -0.3 is 8.98 Å². The minimum absolute atomic E-state index is 0.00634. The molecule has 2 heterocycles. The second kappa shape index (κ2) is 5.41. The van der Waals surface area contributed by atoms with Gasteiger partial charge in [0.05, 0.1) is 22.1 Å². The van der Waals surface area contributed by atoms with Gasteiger partial charge >= 0.3 is 0 Å². The number of aldehydes is 1. The van der Waals surface area contributed by atoms with Crippen LogP contribution in [0.15, 0.2) is 32.0 Å². The summed E-state index contributed by atoms with van der Waals surface area (Å²) in [5, 5.41) is 10.9. The molecule has 0 atom stereocenters. The van der Waals surface area contributed by atoms with Crippen molar-refractivity contribution in [3.8, 4) is 0 Å². The van der Waals surface area contributed by atoms with Crippen LogP contribution in [0.1, 0.15) is 21.9 Å². The molecule has 0 aliphatic rings. The number of carbonyl (C=O) groups is 1. The van der Waals surface area contributed by atoms with E-state index in [0.717, 1.165) is 10.8 Å². The molecule has 0 saturated carbocycles. The fraction of sp³-hybridized carbons (Fsp3) is 0.167. The Morgan fingerprint density at radius 1 is 1.50 bits per heavy atom. The lowest BCUT2D eigenvalue weighted by molar-refractivity contribution is -0.386. The zero-order valence-corrected chi connectivity index (χ0v) is 11.9. The van der Waals surface area contributed by atoms with Crippen LogP contribution in [-0.4, -0.2) is 15.8 Å². The summed E-state index contributed by atoms with van der Waals surface area (Å²) >= 11 is 3.06. The van der Waals surface area contributed by atoms with Crippen molar-refractivity contribution in [2.45, 2.75) is 13.5 Å². The predicted octanol–water partition coefficient (Wildman–Crippen LogP) is 2.28. The SMILES string of the molecule is Cc1c([N+](=O)[O-])cn(Cc2ccc(C=O)o2)c(=O)c1Br. The van der Waals surface area contributed by atoms with Crippen molar-refractivity contribution >= 4 is 27.9 Å². The molecule has 20 heavy (non-hydrogen) atoms. The molecule has 0 N–H and O–H groups in total. The number of aromatic nitrogens is 1. The van der Waals surface area contributed by atoms with Crippen molar-refractivity contribution in [2.24, 2.45) is 0 Å². The Morgan fingerprint density at radius 2 is 2.20 bits per heavy atom. The van der Waals surface area contributed by atoms with E-state index in [-0.39, 0.29) is 28.0 Å². The van der Waals surface area contributed by atoms with Gasteiger partial charge in [0.25, 0.3) is 11.2 Å². The number of nitro groups is 1. The molecular formula is C12H9BrN2O5. The Morgan fingerprint density at radius 3 is 2.75 bits per heavy atom. The largest absolute Gasteiger partial charge is 0.456 e. The van der Waals surface area contributed by atoms with Gasteiger partial charge in [-0.05, 0) is 35.0 Å². The number of carbonyl (C=O) groups excluding carboxylic acids is 1. The van der Waals surface area contributed by atoms with Crippen LogP contribution in [-0.2, 0) is 6.54 Å². The van der Waals surface area contributed by atoms with E-state index in [9.17, 15) is 19.7 Å². The summed E-state index contributed by atoms with van der Waals surface area (Å²) in [4.78, 5) is 32.9. The van der Waals surface area contributed by atoms with Crippen LogP contribution in [0, 0.1) is 17.0 Å². The number of nitrogens with zero attached hydrogens (tertiary/aromatic N) is 2. The second-order valence-electron chi connectivity index (χ2n) is 4.07. The maximum atomic E-state index is 12.0. The number of halogens is 1. The summed E-state index contributed by atoms with van der Waals surface area (Å²) in [5.41, 5.74) is -0.305. The van der Waals surface area contributed by atoms with Crippen LogP contribution in [0.25, 0.3) is 0 Å². The highest BCUT2D eigenvalue weighted by atomic mass is 79.9. The third-order valence-electron chi connectivity index (χ3n) is 2.76. The van der Waals surface area contributed by atoms with Gasteiger partial charge in [0.2, 0.25) is 0 Å². The van der Waals surface area contributed by atoms with E-state index >= 15 is 0 Å². The maximum absolute atomic E-state index is 12.0. The monoisotopic (exact) mass is 340 g/mol. The van der Waals surface area contributed by atoms with Gasteiger partial charge in [-0.1, -0.05) is 0 Å². The molecule has 0 bridgehead atoms. The zero-order chi connectivity index (χ0) is 14.9.